The number of thiazole rings is 1. The molecule has 1 aliphatic carbocycles. The van der Waals surface area contributed by atoms with Crippen LogP contribution in [-0.4, -0.2) is 4.98 Å². The normalized spacial score (nSPS) is 27.0. The molecule has 1 aromatic rings. The molecule has 0 atom stereocenters. The standard InChI is InChI=1S/C14H23NS/c1-10-5-7-11(8-6-10)13-15-9-12(16-13)14(2,3)4/h9-11H,5-8H2,1-4H3. The first-order valence-electron chi connectivity index (χ1n) is 6.43. The van der Waals surface area contributed by atoms with Gasteiger partial charge in [-0.05, 0) is 24.2 Å². The lowest BCUT2D eigenvalue weighted by Crippen LogP contribution is -2.10. The van der Waals surface area contributed by atoms with E-state index in [-0.39, 0.29) is 5.41 Å². The van der Waals surface area contributed by atoms with Crippen molar-refractivity contribution in [2.75, 3.05) is 0 Å². The molecule has 2 rings (SSSR count). The predicted octanol–water partition coefficient (Wildman–Crippen LogP) is 4.73. The average Bonchev–Trinajstić information content (AvgIpc) is 2.67. The molecule has 90 valence electrons. The topological polar surface area (TPSA) is 12.9 Å². The first-order valence-corrected chi connectivity index (χ1v) is 7.24. The van der Waals surface area contributed by atoms with Crippen molar-refractivity contribution in [2.45, 2.75) is 64.7 Å². The van der Waals surface area contributed by atoms with Crippen molar-refractivity contribution >= 4 is 11.3 Å². The molecule has 16 heavy (non-hydrogen) atoms. The van der Waals surface area contributed by atoms with Gasteiger partial charge in [-0.15, -0.1) is 11.3 Å². The molecule has 0 spiro atoms. The smallest absolute Gasteiger partial charge is 0.0958 e. The Bertz CT molecular complexity index is 340. The summed E-state index contributed by atoms with van der Waals surface area (Å²) in [5.74, 6) is 1.68. The minimum absolute atomic E-state index is 0.262. The van der Waals surface area contributed by atoms with Crippen LogP contribution in [0, 0.1) is 5.92 Å². The Hall–Kier alpha value is -0.370. The van der Waals surface area contributed by atoms with E-state index in [0.29, 0.717) is 0 Å². The molecule has 1 heterocycles. The minimum atomic E-state index is 0.262. The van der Waals surface area contributed by atoms with Crippen molar-refractivity contribution in [3.63, 3.8) is 0 Å². The Labute approximate surface area is 103 Å². The summed E-state index contributed by atoms with van der Waals surface area (Å²) in [6.45, 7) is 9.19. The molecule has 0 aromatic carbocycles. The van der Waals surface area contributed by atoms with Crippen LogP contribution in [0.2, 0.25) is 0 Å². The quantitative estimate of drug-likeness (QED) is 0.688. The summed E-state index contributed by atoms with van der Waals surface area (Å²) in [5, 5.41) is 1.39. The molecule has 1 fully saturated rings. The molecule has 2 heteroatoms. The van der Waals surface area contributed by atoms with E-state index in [1.54, 1.807) is 0 Å². The van der Waals surface area contributed by atoms with Crippen molar-refractivity contribution < 1.29 is 0 Å². The highest BCUT2D eigenvalue weighted by Crippen LogP contribution is 2.39. The van der Waals surface area contributed by atoms with Crippen molar-refractivity contribution in [2.24, 2.45) is 5.92 Å². The molecule has 0 amide bonds. The SMILES string of the molecule is CC1CCC(c2ncc(C(C)(C)C)s2)CC1. The summed E-state index contributed by atoms with van der Waals surface area (Å²) in [7, 11) is 0. The molecule has 0 N–H and O–H groups in total. The van der Waals surface area contributed by atoms with Crippen LogP contribution in [0.3, 0.4) is 0 Å². The maximum atomic E-state index is 4.65. The van der Waals surface area contributed by atoms with Gasteiger partial charge in [0.1, 0.15) is 0 Å². The molecule has 0 aliphatic heterocycles. The van der Waals surface area contributed by atoms with Gasteiger partial charge in [-0.1, -0.05) is 40.5 Å². The van der Waals surface area contributed by atoms with Crippen LogP contribution >= 0.6 is 11.3 Å². The van der Waals surface area contributed by atoms with Crippen molar-refractivity contribution in [3.8, 4) is 0 Å². The minimum Gasteiger partial charge on any atom is -0.249 e. The molecule has 1 aromatic heterocycles. The zero-order valence-electron chi connectivity index (χ0n) is 10.9. The van der Waals surface area contributed by atoms with Gasteiger partial charge in [-0.25, -0.2) is 4.98 Å². The lowest BCUT2D eigenvalue weighted by molar-refractivity contribution is 0.347. The van der Waals surface area contributed by atoms with Gasteiger partial charge >= 0.3 is 0 Å². The van der Waals surface area contributed by atoms with Crippen molar-refractivity contribution in [1.29, 1.82) is 0 Å². The Kier molecular flexibility index (Phi) is 3.39. The molecular weight excluding hydrogens is 214 g/mol. The monoisotopic (exact) mass is 237 g/mol. The van der Waals surface area contributed by atoms with E-state index in [0.717, 1.165) is 11.8 Å². The van der Waals surface area contributed by atoms with Gasteiger partial charge in [-0.2, -0.15) is 0 Å². The van der Waals surface area contributed by atoms with Crippen LogP contribution < -0.4 is 0 Å². The van der Waals surface area contributed by atoms with Crippen LogP contribution in [0.4, 0.5) is 0 Å². The van der Waals surface area contributed by atoms with Gasteiger partial charge in [0.2, 0.25) is 0 Å². The number of aromatic nitrogens is 1. The van der Waals surface area contributed by atoms with Gasteiger partial charge in [0.05, 0.1) is 5.01 Å². The number of nitrogens with zero attached hydrogens (tertiary/aromatic N) is 1. The van der Waals surface area contributed by atoms with Crippen LogP contribution in [0.5, 0.6) is 0 Å². The van der Waals surface area contributed by atoms with Crippen LogP contribution in [0.1, 0.15) is 69.2 Å². The van der Waals surface area contributed by atoms with Gasteiger partial charge in [0, 0.05) is 17.0 Å². The Balaban J connectivity index is 2.08. The molecular formula is C14H23NS. The first-order chi connectivity index (χ1) is 7.47. The van der Waals surface area contributed by atoms with Gasteiger partial charge < -0.3 is 0 Å². The summed E-state index contributed by atoms with van der Waals surface area (Å²) in [5.41, 5.74) is 0.262. The molecule has 0 radical (unpaired) electrons. The third-order valence-corrected chi connectivity index (χ3v) is 5.21. The van der Waals surface area contributed by atoms with E-state index < -0.39 is 0 Å². The lowest BCUT2D eigenvalue weighted by atomic mass is 9.83. The van der Waals surface area contributed by atoms with Crippen LogP contribution in [-0.2, 0) is 5.41 Å². The van der Waals surface area contributed by atoms with Gasteiger partial charge in [0.25, 0.3) is 0 Å². The summed E-state index contributed by atoms with van der Waals surface area (Å²) in [6.07, 6.45) is 7.55. The first kappa shape index (κ1) is 12.1. The van der Waals surface area contributed by atoms with E-state index in [1.165, 1.54) is 35.6 Å². The number of hydrogen-bond donors (Lipinski definition) is 0. The fraction of sp³-hybridized carbons (Fsp3) is 0.786. The second kappa shape index (κ2) is 4.48. The Morgan fingerprint density at radius 2 is 1.81 bits per heavy atom. The third-order valence-electron chi connectivity index (χ3n) is 3.63. The van der Waals surface area contributed by atoms with Crippen molar-refractivity contribution in [3.05, 3.63) is 16.1 Å². The fourth-order valence-electron chi connectivity index (χ4n) is 2.33. The molecule has 0 saturated heterocycles. The van der Waals surface area contributed by atoms with Crippen molar-refractivity contribution in [1.82, 2.24) is 4.98 Å². The predicted molar refractivity (Wildman–Crippen MR) is 71.2 cm³/mol. The maximum absolute atomic E-state index is 4.65. The highest BCUT2D eigenvalue weighted by atomic mass is 32.1. The lowest BCUT2D eigenvalue weighted by Gasteiger charge is -2.24. The van der Waals surface area contributed by atoms with Gasteiger partial charge in [-0.3, -0.25) is 0 Å². The van der Waals surface area contributed by atoms with E-state index in [9.17, 15) is 0 Å². The Morgan fingerprint density at radius 1 is 1.19 bits per heavy atom. The van der Waals surface area contributed by atoms with E-state index in [2.05, 4.69) is 38.9 Å². The third kappa shape index (κ3) is 2.65. The molecule has 0 bridgehead atoms. The number of hydrogen-bond acceptors (Lipinski definition) is 2. The van der Waals surface area contributed by atoms with Crippen LogP contribution in [0.15, 0.2) is 6.20 Å². The fourth-order valence-corrected chi connectivity index (χ4v) is 3.47. The molecule has 1 aliphatic rings. The Morgan fingerprint density at radius 3 is 2.31 bits per heavy atom. The molecule has 1 nitrogen and oxygen atoms in total. The summed E-state index contributed by atoms with van der Waals surface area (Å²) in [4.78, 5) is 6.08. The summed E-state index contributed by atoms with van der Waals surface area (Å²) >= 11 is 1.94. The zero-order chi connectivity index (χ0) is 11.8. The second-order valence-electron chi connectivity index (χ2n) is 6.27. The highest BCUT2D eigenvalue weighted by Gasteiger charge is 2.24. The molecule has 0 unspecified atom stereocenters. The second-order valence-corrected chi connectivity index (χ2v) is 7.33. The van der Waals surface area contributed by atoms with E-state index in [1.807, 2.05) is 11.3 Å². The largest absolute Gasteiger partial charge is 0.249 e. The van der Waals surface area contributed by atoms with Gasteiger partial charge in [0.15, 0.2) is 0 Å². The molecule has 1 saturated carbocycles. The van der Waals surface area contributed by atoms with E-state index in [4.69, 9.17) is 0 Å². The maximum Gasteiger partial charge on any atom is 0.0958 e. The summed E-state index contributed by atoms with van der Waals surface area (Å²) < 4.78 is 0. The summed E-state index contributed by atoms with van der Waals surface area (Å²) in [6, 6.07) is 0. The average molecular weight is 237 g/mol. The van der Waals surface area contributed by atoms with E-state index >= 15 is 0 Å². The highest BCUT2D eigenvalue weighted by molar-refractivity contribution is 7.11. The number of rotatable bonds is 1. The zero-order valence-corrected chi connectivity index (χ0v) is 11.7. The van der Waals surface area contributed by atoms with Crippen LogP contribution in [0.25, 0.3) is 0 Å².